The van der Waals surface area contributed by atoms with Gasteiger partial charge < -0.3 is 15.0 Å². The van der Waals surface area contributed by atoms with Crippen LogP contribution >= 0.6 is 0 Å². The lowest BCUT2D eigenvalue weighted by molar-refractivity contribution is 0.0496. The fourth-order valence-corrected chi connectivity index (χ4v) is 4.37. The lowest BCUT2D eigenvalue weighted by Gasteiger charge is -2.33. The Kier molecular flexibility index (Phi) is 7.76. The summed E-state index contributed by atoms with van der Waals surface area (Å²) in [5, 5.41) is 7.70. The molecule has 2 aromatic rings. The summed E-state index contributed by atoms with van der Waals surface area (Å²) in [5.74, 6) is 0.585. The van der Waals surface area contributed by atoms with E-state index < -0.39 is 5.60 Å². The van der Waals surface area contributed by atoms with E-state index >= 15 is 0 Å². The van der Waals surface area contributed by atoms with E-state index in [2.05, 4.69) is 52.0 Å². The molecule has 1 aliphatic rings. The van der Waals surface area contributed by atoms with Crippen LogP contribution in [-0.2, 0) is 11.3 Å². The lowest BCUT2D eigenvalue weighted by atomic mass is 9.92. The molecule has 170 valence electrons. The SMILES string of the molecule is CCn1nc(C)cc1C1CCN(CC[C@@H](NC(=O)OC(C)(C)C)c2ccccc2)CC1. The van der Waals surface area contributed by atoms with Crippen molar-refractivity contribution in [3.8, 4) is 0 Å². The molecule has 6 heteroatoms. The van der Waals surface area contributed by atoms with E-state index in [1.807, 2.05) is 39.0 Å². The minimum Gasteiger partial charge on any atom is -0.444 e. The van der Waals surface area contributed by atoms with Crippen LogP contribution in [0.3, 0.4) is 0 Å². The Morgan fingerprint density at radius 3 is 2.52 bits per heavy atom. The van der Waals surface area contributed by atoms with Crippen molar-refractivity contribution in [2.75, 3.05) is 19.6 Å². The van der Waals surface area contributed by atoms with Crippen LogP contribution < -0.4 is 5.32 Å². The number of ether oxygens (including phenoxy) is 1. The number of aromatic nitrogens is 2. The Morgan fingerprint density at radius 1 is 1.23 bits per heavy atom. The Labute approximate surface area is 187 Å². The van der Waals surface area contributed by atoms with Crippen LogP contribution in [0.2, 0.25) is 0 Å². The molecule has 3 rings (SSSR count). The molecule has 1 fully saturated rings. The third-order valence-electron chi connectivity index (χ3n) is 5.87. The second kappa shape index (κ2) is 10.3. The van der Waals surface area contributed by atoms with Gasteiger partial charge in [0, 0.05) is 24.7 Å². The highest BCUT2D eigenvalue weighted by atomic mass is 16.6. The van der Waals surface area contributed by atoms with E-state index in [4.69, 9.17) is 4.74 Å². The van der Waals surface area contributed by atoms with E-state index in [-0.39, 0.29) is 12.1 Å². The van der Waals surface area contributed by atoms with Crippen LogP contribution in [0.1, 0.15) is 75.9 Å². The summed E-state index contributed by atoms with van der Waals surface area (Å²) in [6.07, 6.45) is 2.81. The highest BCUT2D eigenvalue weighted by Gasteiger charge is 2.25. The fraction of sp³-hybridized carbons (Fsp3) is 0.600. The fourth-order valence-electron chi connectivity index (χ4n) is 4.37. The molecule has 2 heterocycles. The van der Waals surface area contributed by atoms with Crippen LogP contribution in [0, 0.1) is 6.92 Å². The number of aryl methyl sites for hydroxylation is 2. The second-order valence-corrected chi connectivity index (χ2v) is 9.54. The van der Waals surface area contributed by atoms with Crippen LogP contribution in [0.5, 0.6) is 0 Å². The average molecular weight is 427 g/mol. The molecule has 31 heavy (non-hydrogen) atoms. The van der Waals surface area contributed by atoms with Crippen molar-refractivity contribution in [2.45, 2.75) is 78.0 Å². The molecule has 1 saturated heterocycles. The average Bonchev–Trinajstić information content (AvgIpc) is 3.11. The van der Waals surface area contributed by atoms with Crippen molar-refractivity contribution < 1.29 is 9.53 Å². The molecule has 1 amide bonds. The zero-order chi connectivity index (χ0) is 22.4. The molecular formula is C25H38N4O2. The number of piperidine rings is 1. The number of hydrogen-bond donors (Lipinski definition) is 1. The molecule has 0 unspecified atom stereocenters. The maximum absolute atomic E-state index is 12.4. The van der Waals surface area contributed by atoms with Crippen molar-refractivity contribution in [2.24, 2.45) is 0 Å². The molecule has 0 aliphatic carbocycles. The van der Waals surface area contributed by atoms with Crippen LogP contribution in [0.4, 0.5) is 4.79 Å². The molecule has 1 aromatic heterocycles. The number of carbonyl (C=O) groups is 1. The molecule has 0 radical (unpaired) electrons. The van der Waals surface area contributed by atoms with Gasteiger partial charge in [-0.2, -0.15) is 5.10 Å². The largest absolute Gasteiger partial charge is 0.444 e. The zero-order valence-corrected chi connectivity index (χ0v) is 19.7. The predicted molar refractivity (Wildman–Crippen MR) is 124 cm³/mol. The number of nitrogens with one attached hydrogen (secondary N) is 1. The molecule has 1 aliphatic heterocycles. The van der Waals surface area contributed by atoms with Gasteiger partial charge in [-0.25, -0.2) is 4.79 Å². The number of nitrogens with zero attached hydrogens (tertiary/aromatic N) is 3. The van der Waals surface area contributed by atoms with Gasteiger partial charge in [0.1, 0.15) is 5.60 Å². The van der Waals surface area contributed by atoms with Gasteiger partial charge in [-0.05, 0) is 78.6 Å². The number of amides is 1. The molecule has 1 aromatic carbocycles. The van der Waals surface area contributed by atoms with E-state index in [1.165, 1.54) is 5.69 Å². The maximum atomic E-state index is 12.4. The minimum absolute atomic E-state index is 0.0575. The Balaban J connectivity index is 1.56. The van der Waals surface area contributed by atoms with Gasteiger partial charge in [-0.15, -0.1) is 0 Å². The molecule has 6 nitrogen and oxygen atoms in total. The van der Waals surface area contributed by atoms with Gasteiger partial charge in [0.05, 0.1) is 11.7 Å². The summed E-state index contributed by atoms with van der Waals surface area (Å²) in [7, 11) is 0. The number of rotatable bonds is 7. The maximum Gasteiger partial charge on any atom is 0.408 e. The van der Waals surface area contributed by atoms with E-state index in [9.17, 15) is 4.79 Å². The van der Waals surface area contributed by atoms with Gasteiger partial charge in [-0.1, -0.05) is 30.3 Å². The first kappa shape index (κ1) is 23.3. The van der Waals surface area contributed by atoms with Gasteiger partial charge in [-0.3, -0.25) is 4.68 Å². The molecule has 1 atom stereocenters. The third-order valence-corrected chi connectivity index (χ3v) is 5.87. The van der Waals surface area contributed by atoms with E-state index in [1.54, 1.807) is 0 Å². The van der Waals surface area contributed by atoms with E-state index in [0.29, 0.717) is 5.92 Å². The molecule has 0 bridgehead atoms. The molecule has 0 spiro atoms. The summed E-state index contributed by atoms with van der Waals surface area (Å²) in [6, 6.07) is 12.4. The van der Waals surface area contributed by atoms with Crippen LogP contribution in [0.15, 0.2) is 36.4 Å². The first-order valence-electron chi connectivity index (χ1n) is 11.6. The summed E-state index contributed by atoms with van der Waals surface area (Å²) in [6.45, 7) is 13.9. The number of benzene rings is 1. The van der Waals surface area contributed by atoms with E-state index in [0.717, 1.165) is 56.7 Å². The van der Waals surface area contributed by atoms with Crippen molar-refractivity contribution in [3.63, 3.8) is 0 Å². The number of carbonyl (C=O) groups excluding carboxylic acids is 1. The monoisotopic (exact) mass is 426 g/mol. The van der Waals surface area contributed by atoms with Crippen molar-refractivity contribution >= 4 is 6.09 Å². The van der Waals surface area contributed by atoms with Gasteiger partial charge in [0.15, 0.2) is 0 Å². The summed E-state index contributed by atoms with van der Waals surface area (Å²) < 4.78 is 7.66. The van der Waals surface area contributed by atoms with Gasteiger partial charge in [0.25, 0.3) is 0 Å². The van der Waals surface area contributed by atoms with Crippen LogP contribution in [0.25, 0.3) is 0 Å². The van der Waals surface area contributed by atoms with Crippen molar-refractivity contribution in [1.29, 1.82) is 0 Å². The number of alkyl carbamates (subject to hydrolysis) is 1. The van der Waals surface area contributed by atoms with Crippen molar-refractivity contribution in [3.05, 3.63) is 53.3 Å². The predicted octanol–water partition coefficient (Wildman–Crippen LogP) is 5.05. The Morgan fingerprint density at radius 2 is 1.90 bits per heavy atom. The molecule has 0 saturated carbocycles. The quantitative estimate of drug-likeness (QED) is 0.673. The number of hydrogen-bond acceptors (Lipinski definition) is 4. The Bertz CT molecular complexity index is 833. The standard InChI is InChI=1S/C25H38N4O2/c1-6-29-23(18-19(2)27-29)21-12-15-28(16-13-21)17-14-22(20-10-8-7-9-11-20)26-24(30)31-25(3,4)5/h7-11,18,21-22H,6,12-17H2,1-5H3,(H,26,30)/t22-/m1/s1. The topological polar surface area (TPSA) is 59.4 Å². The minimum atomic E-state index is -0.503. The smallest absolute Gasteiger partial charge is 0.408 e. The Hall–Kier alpha value is -2.34. The normalized spacial score (nSPS) is 16.8. The summed E-state index contributed by atoms with van der Waals surface area (Å²) in [5.41, 5.74) is 3.11. The zero-order valence-electron chi connectivity index (χ0n) is 19.7. The molecular weight excluding hydrogens is 388 g/mol. The first-order valence-corrected chi connectivity index (χ1v) is 11.6. The first-order chi connectivity index (χ1) is 14.7. The summed E-state index contributed by atoms with van der Waals surface area (Å²) in [4.78, 5) is 14.9. The third kappa shape index (κ3) is 6.82. The summed E-state index contributed by atoms with van der Waals surface area (Å²) >= 11 is 0. The lowest BCUT2D eigenvalue weighted by Crippen LogP contribution is -2.38. The van der Waals surface area contributed by atoms with Gasteiger partial charge >= 0.3 is 6.09 Å². The van der Waals surface area contributed by atoms with Gasteiger partial charge in [0.2, 0.25) is 0 Å². The number of likely N-dealkylation sites (tertiary alicyclic amines) is 1. The van der Waals surface area contributed by atoms with Crippen molar-refractivity contribution in [1.82, 2.24) is 20.0 Å². The second-order valence-electron chi connectivity index (χ2n) is 9.54. The molecule has 1 N–H and O–H groups in total. The highest BCUT2D eigenvalue weighted by molar-refractivity contribution is 5.68. The van der Waals surface area contributed by atoms with Crippen LogP contribution in [-0.4, -0.2) is 46.0 Å². The highest BCUT2D eigenvalue weighted by Crippen LogP contribution is 2.29.